The van der Waals surface area contributed by atoms with Gasteiger partial charge in [0.15, 0.2) is 5.96 Å². The highest BCUT2D eigenvalue weighted by atomic mass is 127. The molecule has 9 heteroatoms. The molecule has 1 aliphatic rings. The Hall–Kier alpha value is -2.14. The average molecular weight is 526 g/mol. The second-order valence-corrected chi connectivity index (χ2v) is 7.24. The Kier molecular flexibility index (Phi) is 7.70. The van der Waals surface area contributed by atoms with Gasteiger partial charge in [-0.3, -0.25) is 9.67 Å². The van der Waals surface area contributed by atoms with E-state index in [0.29, 0.717) is 13.2 Å². The molecular formula is C21H28FIN6O. The van der Waals surface area contributed by atoms with Gasteiger partial charge in [-0.15, -0.1) is 24.0 Å². The molecule has 0 saturated carbocycles. The first kappa shape index (κ1) is 22.5. The maximum Gasteiger partial charge on any atom is 0.194 e. The number of hydrogen-bond acceptors (Lipinski definition) is 3. The van der Waals surface area contributed by atoms with Crippen molar-refractivity contribution in [3.8, 4) is 0 Å². The number of nitrogens with zero attached hydrogens (tertiary/aromatic N) is 4. The van der Waals surface area contributed by atoms with E-state index in [1.165, 1.54) is 6.07 Å². The molecule has 30 heavy (non-hydrogen) atoms. The topological polar surface area (TPSA) is 70.5 Å². The van der Waals surface area contributed by atoms with E-state index >= 15 is 0 Å². The Morgan fingerprint density at radius 1 is 1.43 bits per heavy atom. The number of aryl methyl sites for hydroxylation is 1. The normalized spacial score (nSPS) is 17.2. The third-order valence-corrected chi connectivity index (χ3v) is 5.17. The molecule has 7 nitrogen and oxygen atoms in total. The lowest BCUT2D eigenvalue weighted by atomic mass is 10.1. The van der Waals surface area contributed by atoms with E-state index in [4.69, 9.17) is 9.73 Å². The van der Waals surface area contributed by atoms with Gasteiger partial charge in [0.2, 0.25) is 0 Å². The van der Waals surface area contributed by atoms with E-state index in [1.54, 1.807) is 16.8 Å². The molecule has 3 aromatic rings. The first-order chi connectivity index (χ1) is 14.1. The van der Waals surface area contributed by atoms with Crippen molar-refractivity contribution in [1.82, 2.24) is 25.0 Å². The third-order valence-electron chi connectivity index (χ3n) is 5.17. The Morgan fingerprint density at radius 3 is 3.07 bits per heavy atom. The van der Waals surface area contributed by atoms with E-state index in [0.717, 1.165) is 54.0 Å². The lowest BCUT2D eigenvalue weighted by Gasteiger charge is -2.34. The molecule has 4 rings (SSSR count). The Bertz CT molecular complexity index is 1000. The average Bonchev–Trinajstić information content (AvgIpc) is 3.33. The zero-order valence-corrected chi connectivity index (χ0v) is 19.6. The quantitative estimate of drug-likeness (QED) is 0.305. The number of fused-ring (bicyclic) bond motifs is 1. The van der Waals surface area contributed by atoms with E-state index in [1.807, 2.05) is 25.6 Å². The highest BCUT2D eigenvalue weighted by Gasteiger charge is 2.25. The van der Waals surface area contributed by atoms with Crippen LogP contribution in [0.1, 0.15) is 24.2 Å². The van der Waals surface area contributed by atoms with Gasteiger partial charge in [0.25, 0.3) is 0 Å². The van der Waals surface area contributed by atoms with E-state index in [9.17, 15) is 4.39 Å². The number of ether oxygens (including phenoxy) is 1. The Labute approximate surface area is 192 Å². The summed E-state index contributed by atoms with van der Waals surface area (Å²) < 4.78 is 21.3. The first-order valence-electron chi connectivity index (χ1n) is 10.0. The Morgan fingerprint density at radius 2 is 2.30 bits per heavy atom. The monoisotopic (exact) mass is 526 g/mol. The fourth-order valence-corrected chi connectivity index (χ4v) is 3.72. The van der Waals surface area contributed by atoms with Crippen molar-refractivity contribution in [3.63, 3.8) is 0 Å². The molecule has 1 fully saturated rings. The SMILES string of the molecule is CCNC(=NCCc1c[nH]c2ccc(F)cc12)N1CCOC(c2cnn(C)c2)C1.I. The van der Waals surface area contributed by atoms with Gasteiger partial charge in [-0.2, -0.15) is 5.10 Å². The van der Waals surface area contributed by atoms with Crippen molar-refractivity contribution in [3.05, 3.63) is 53.7 Å². The van der Waals surface area contributed by atoms with Gasteiger partial charge >= 0.3 is 0 Å². The van der Waals surface area contributed by atoms with Crippen LogP contribution in [0, 0.1) is 5.82 Å². The minimum Gasteiger partial charge on any atom is -0.370 e. The molecule has 162 valence electrons. The van der Waals surface area contributed by atoms with E-state index in [-0.39, 0.29) is 35.9 Å². The maximum atomic E-state index is 13.6. The number of rotatable bonds is 5. The summed E-state index contributed by atoms with van der Waals surface area (Å²) in [6.45, 7) is 5.66. The summed E-state index contributed by atoms with van der Waals surface area (Å²) in [7, 11) is 1.91. The van der Waals surface area contributed by atoms with Crippen LogP contribution >= 0.6 is 24.0 Å². The summed E-state index contributed by atoms with van der Waals surface area (Å²) in [5, 5.41) is 8.56. The van der Waals surface area contributed by atoms with Crippen LogP contribution in [-0.2, 0) is 18.2 Å². The second kappa shape index (κ2) is 10.3. The van der Waals surface area contributed by atoms with Gasteiger partial charge in [0.05, 0.1) is 19.3 Å². The van der Waals surface area contributed by atoms with Crippen LogP contribution < -0.4 is 5.32 Å². The van der Waals surface area contributed by atoms with Crippen molar-refractivity contribution in [2.45, 2.75) is 19.4 Å². The maximum absolute atomic E-state index is 13.6. The summed E-state index contributed by atoms with van der Waals surface area (Å²) >= 11 is 0. The van der Waals surface area contributed by atoms with Crippen LogP contribution in [0.5, 0.6) is 0 Å². The number of guanidine groups is 1. The smallest absolute Gasteiger partial charge is 0.194 e. The van der Waals surface area contributed by atoms with Crippen molar-refractivity contribution >= 4 is 40.8 Å². The molecule has 1 unspecified atom stereocenters. The molecule has 2 aromatic heterocycles. The lowest BCUT2D eigenvalue weighted by molar-refractivity contribution is -0.00803. The Balaban J connectivity index is 0.00000256. The third kappa shape index (κ3) is 5.12. The van der Waals surface area contributed by atoms with Gasteiger partial charge in [0, 0.05) is 55.5 Å². The molecule has 0 radical (unpaired) electrons. The van der Waals surface area contributed by atoms with Crippen LogP contribution in [0.3, 0.4) is 0 Å². The summed E-state index contributed by atoms with van der Waals surface area (Å²) in [6.07, 6.45) is 6.52. The number of hydrogen-bond donors (Lipinski definition) is 2. The molecule has 3 heterocycles. The summed E-state index contributed by atoms with van der Waals surface area (Å²) in [6, 6.07) is 4.82. The standard InChI is InChI=1S/C21H27FN6O.HI/c1-3-23-21(28-8-9-29-20(14-28)16-12-26-27(2)13-16)24-7-6-15-11-25-19-5-4-17(22)10-18(15)19;/h4-5,10-13,20,25H,3,6-9,14H2,1-2H3,(H,23,24);1H. The van der Waals surface area contributed by atoms with Gasteiger partial charge in [0.1, 0.15) is 11.9 Å². The number of nitrogens with one attached hydrogen (secondary N) is 2. The fraction of sp³-hybridized carbons (Fsp3) is 0.429. The number of H-pyrrole nitrogens is 1. The molecule has 0 amide bonds. The highest BCUT2D eigenvalue weighted by Crippen LogP contribution is 2.22. The molecule has 1 saturated heterocycles. The second-order valence-electron chi connectivity index (χ2n) is 7.24. The molecule has 2 N–H and O–H groups in total. The summed E-state index contributed by atoms with van der Waals surface area (Å²) in [5.74, 6) is 0.667. The first-order valence-corrected chi connectivity index (χ1v) is 10.0. The van der Waals surface area contributed by atoms with Crippen LogP contribution in [0.4, 0.5) is 4.39 Å². The molecular weight excluding hydrogens is 498 g/mol. The largest absolute Gasteiger partial charge is 0.370 e. The fourth-order valence-electron chi connectivity index (χ4n) is 3.72. The molecule has 0 bridgehead atoms. The highest BCUT2D eigenvalue weighted by molar-refractivity contribution is 14.0. The van der Waals surface area contributed by atoms with Crippen molar-refractivity contribution in [2.24, 2.45) is 12.0 Å². The van der Waals surface area contributed by atoms with E-state index < -0.39 is 0 Å². The van der Waals surface area contributed by atoms with Crippen LogP contribution in [-0.4, -0.2) is 58.4 Å². The molecule has 1 aliphatic heterocycles. The van der Waals surface area contributed by atoms with E-state index in [2.05, 4.69) is 27.2 Å². The zero-order valence-electron chi connectivity index (χ0n) is 17.3. The van der Waals surface area contributed by atoms with Gasteiger partial charge < -0.3 is 19.9 Å². The van der Waals surface area contributed by atoms with Crippen molar-refractivity contribution in [2.75, 3.05) is 32.8 Å². The number of morpholine rings is 1. The summed E-state index contributed by atoms with van der Waals surface area (Å²) in [5.41, 5.74) is 3.10. The van der Waals surface area contributed by atoms with Gasteiger partial charge in [-0.25, -0.2) is 4.39 Å². The zero-order chi connectivity index (χ0) is 20.2. The predicted octanol–water partition coefficient (Wildman–Crippen LogP) is 3.24. The minimum atomic E-state index is -0.218. The predicted molar refractivity (Wildman–Crippen MR) is 127 cm³/mol. The molecule has 0 aliphatic carbocycles. The number of aliphatic imine (C=N–C) groups is 1. The van der Waals surface area contributed by atoms with Gasteiger partial charge in [-0.1, -0.05) is 0 Å². The number of aromatic amines is 1. The lowest BCUT2D eigenvalue weighted by Crippen LogP contribution is -2.48. The number of benzene rings is 1. The van der Waals surface area contributed by atoms with Crippen LogP contribution in [0.15, 0.2) is 41.8 Å². The van der Waals surface area contributed by atoms with Crippen LogP contribution in [0.25, 0.3) is 10.9 Å². The van der Waals surface area contributed by atoms with Crippen molar-refractivity contribution in [1.29, 1.82) is 0 Å². The summed E-state index contributed by atoms with van der Waals surface area (Å²) in [4.78, 5) is 10.3. The molecule has 1 aromatic carbocycles. The minimum absolute atomic E-state index is 0. The molecule has 1 atom stereocenters. The van der Waals surface area contributed by atoms with Gasteiger partial charge in [-0.05, 0) is 37.1 Å². The number of aromatic nitrogens is 3. The molecule has 0 spiro atoms. The number of halogens is 2. The van der Waals surface area contributed by atoms with Crippen LogP contribution in [0.2, 0.25) is 0 Å². The van der Waals surface area contributed by atoms with Crippen molar-refractivity contribution < 1.29 is 9.13 Å².